The van der Waals surface area contributed by atoms with Gasteiger partial charge in [-0.1, -0.05) is 13.8 Å². The van der Waals surface area contributed by atoms with Gasteiger partial charge in [-0.25, -0.2) is 9.37 Å². The Bertz CT molecular complexity index is 360. The number of aromatic nitrogens is 1. The van der Waals surface area contributed by atoms with E-state index in [4.69, 9.17) is 4.74 Å². The van der Waals surface area contributed by atoms with E-state index in [1.165, 1.54) is 6.07 Å². The summed E-state index contributed by atoms with van der Waals surface area (Å²) in [6.45, 7) is 7.27. The largest absolute Gasteiger partial charge is 0.380 e. The smallest absolute Gasteiger partial charge is 0.166 e. The first kappa shape index (κ1) is 14.4. The second kappa shape index (κ2) is 6.91. The van der Waals surface area contributed by atoms with Gasteiger partial charge in [0.15, 0.2) is 11.6 Å². The Morgan fingerprint density at radius 2 is 2.24 bits per heavy atom. The van der Waals surface area contributed by atoms with Crippen LogP contribution >= 0.6 is 15.9 Å². The molecule has 1 aromatic rings. The summed E-state index contributed by atoms with van der Waals surface area (Å²) in [7, 11) is 0. The molecule has 1 unspecified atom stereocenters. The third-order valence-electron chi connectivity index (χ3n) is 2.44. The Morgan fingerprint density at radius 3 is 2.76 bits per heavy atom. The van der Waals surface area contributed by atoms with Gasteiger partial charge in [0.1, 0.15) is 0 Å². The number of rotatable bonds is 6. The van der Waals surface area contributed by atoms with Gasteiger partial charge in [0.25, 0.3) is 0 Å². The lowest BCUT2D eigenvalue weighted by Gasteiger charge is -2.22. The maximum absolute atomic E-state index is 13.6. The summed E-state index contributed by atoms with van der Waals surface area (Å²) < 4.78 is 19.6. The Labute approximate surface area is 110 Å². The highest BCUT2D eigenvalue weighted by atomic mass is 79.9. The Balaban J connectivity index is 2.71. The minimum atomic E-state index is -0.360. The number of nitrogens with zero attached hydrogens (tertiary/aromatic N) is 1. The number of hydrogen-bond acceptors (Lipinski definition) is 3. The summed E-state index contributed by atoms with van der Waals surface area (Å²) in [4.78, 5) is 4.02. The Kier molecular flexibility index (Phi) is 5.85. The highest BCUT2D eigenvalue weighted by molar-refractivity contribution is 9.10. The standard InChI is InChI=1S/C12H18BrFN2O/c1-4-17-7-11(8(2)3)16-12-10(14)5-9(13)6-15-12/h5-6,8,11H,4,7H2,1-3H3,(H,15,16). The molecule has 0 aliphatic heterocycles. The van der Waals surface area contributed by atoms with Crippen molar-refractivity contribution >= 4 is 21.7 Å². The van der Waals surface area contributed by atoms with E-state index in [0.717, 1.165) is 0 Å². The zero-order chi connectivity index (χ0) is 12.8. The van der Waals surface area contributed by atoms with Crippen molar-refractivity contribution in [1.82, 2.24) is 4.98 Å². The van der Waals surface area contributed by atoms with Gasteiger partial charge in [-0.15, -0.1) is 0 Å². The topological polar surface area (TPSA) is 34.1 Å². The van der Waals surface area contributed by atoms with Crippen LogP contribution in [-0.2, 0) is 4.74 Å². The van der Waals surface area contributed by atoms with Gasteiger partial charge in [-0.05, 0) is 34.8 Å². The molecular formula is C12H18BrFN2O. The number of hydrogen-bond donors (Lipinski definition) is 1. The maximum atomic E-state index is 13.6. The molecule has 0 radical (unpaired) electrons. The molecule has 3 nitrogen and oxygen atoms in total. The molecule has 96 valence electrons. The van der Waals surface area contributed by atoms with E-state index in [0.29, 0.717) is 23.6 Å². The number of pyridine rings is 1. The van der Waals surface area contributed by atoms with Crippen molar-refractivity contribution in [3.63, 3.8) is 0 Å². The van der Waals surface area contributed by atoms with Crippen molar-refractivity contribution in [3.05, 3.63) is 22.6 Å². The molecule has 0 fully saturated rings. The maximum Gasteiger partial charge on any atom is 0.166 e. The van der Waals surface area contributed by atoms with Crippen LogP contribution in [0.4, 0.5) is 10.2 Å². The molecule has 5 heteroatoms. The molecule has 0 spiro atoms. The fourth-order valence-electron chi connectivity index (χ4n) is 1.34. The normalized spacial score (nSPS) is 12.8. The van der Waals surface area contributed by atoms with Crippen molar-refractivity contribution < 1.29 is 9.13 Å². The van der Waals surface area contributed by atoms with Gasteiger partial charge in [0.05, 0.1) is 12.6 Å². The molecule has 1 aromatic heterocycles. The Morgan fingerprint density at radius 1 is 1.53 bits per heavy atom. The lowest BCUT2D eigenvalue weighted by atomic mass is 10.1. The van der Waals surface area contributed by atoms with Crippen LogP contribution in [0, 0.1) is 11.7 Å². The van der Waals surface area contributed by atoms with Crippen LogP contribution in [0.2, 0.25) is 0 Å². The molecule has 0 amide bonds. The van der Waals surface area contributed by atoms with Gasteiger partial charge >= 0.3 is 0 Å². The van der Waals surface area contributed by atoms with E-state index in [-0.39, 0.29) is 17.7 Å². The molecule has 1 heterocycles. The van der Waals surface area contributed by atoms with Crippen molar-refractivity contribution in [2.45, 2.75) is 26.8 Å². The quantitative estimate of drug-likeness (QED) is 0.874. The first-order valence-corrected chi connectivity index (χ1v) is 6.49. The first-order chi connectivity index (χ1) is 8.04. The van der Waals surface area contributed by atoms with Crippen LogP contribution < -0.4 is 5.32 Å². The summed E-state index contributed by atoms with van der Waals surface area (Å²) in [5, 5.41) is 3.08. The first-order valence-electron chi connectivity index (χ1n) is 5.70. The minimum absolute atomic E-state index is 0.0538. The van der Waals surface area contributed by atoms with Crippen LogP contribution in [-0.4, -0.2) is 24.2 Å². The van der Waals surface area contributed by atoms with Crippen molar-refractivity contribution in [3.8, 4) is 0 Å². The summed E-state index contributed by atoms with van der Waals surface area (Å²) in [6, 6.07) is 1.45. The van der Waals surface area contributed by atoms with Gasteiger partial charge in [0.2, 0.25) is 0 Å². The highest BCUT2D eigenvalue weighted by Crippen LogP contribution is 2.18. The molecule has 0 saturated carbocycles. The summed E-state index contributed by atoms with van der Waals surface area (Å²) in [5.74, 6) is 0.250. The zero-order valence-corrected chi connectivity index (χ0v) is 11.9. The van der Waals surface area contributed by atoms with Gasteiger partial charge < -0.3 is 10.1 Å². The highest BCUT2D eigenvalue weighted by Gasteiger charge is 2.16. The van der Waals surface area contributed by atoms with E-state index in [1.54, 1.807) is 6.20 Å². The number of nitrogens with one attached hydrogen (secondary N) is 1. The summed E-state index contributed by atoms with van der Waals surface area (Å²) in [5.41, 5.74) is 0. The molecule has 0 aliphatic rings. The summed E-state index contributed by atoms with van der Waals surface area (Å²) >= 11 is 3.18. The van der Waals surface area contributed by atoms with Gasteiger partial charge in [-0.3, -0.25) is 0 Å². The van der Waals surface area contributed by atoms with Gasteiger partial charge in [-0.2, -0.15) is 0 Å². The second-order valence-corrected chi connectivity index (χ2v) is 5.05. The molecule has 17 heavy (non-hydrogen) atoms. The Hall–Kier alpha value is -0.680. The van der Waals surface area contributed by atoms with E-state index >= 15 is 0 Å². The summed E-state index contributed by atoms with van der Waals surface area (Å²) in [6.07, 6.45) is 1.57. The average molecular weight is 305 g/mol. The predicted molar refractivity (Wildman–Crippen MR) is 70.6 cm³/mol. The zero-order valence-electron chi connectivity index (χ0n) is 10.3. The van der Waals surface area contributed by atoms with E-state index < -0.39 is 0 Å². The molecule has 1 rings (SSSR count). The fraction of sp³-hybridized carbons (Fsp3) is 0.583. The van der Waals surface area contributed by atoms with Crippen LogP contribution in [0.15, 0.2) is 16.7 Å². The number of anilines is 1. The monoisotopic (exact) mass is 304 g/mol. The number of ether oxygens (including phenoxy) is 1. The minimum Gasteiger partial charge on any atom is -0.380 e. The third kappa shape index (κ3) is 4.60. The van der Waals surface area contributed by atoms with E-state index in [2.05, 4.69) is 40.1 Å². The lowest BCUT2D eigenvalue weighted by Crippen LogP contribution is -2.31. The SMILES string of the molecule is CCOCC(Nc1ncc(Br)cc1F)C(C)C. The number of halogens is 2. The molecule has 0 aliphatic carbocycles. The van der Waals surface area contributed by atoms with Gasteiger partial charge in [0, 0.05) is 17.3 Å². The van der Waals surface area contributed by atoms with Crippen molar-refractivity contribution in [2.24, 2.45) is 5.92 Å². The van der Waals surface area contributed by atoms with Crippen LogP contribution in [0.3, 0.4) is 0 Å². The average Bonchev–Trinajstić information content (AvgIpc) is 2.26. The van der Waals surface area contributed by atoms with Crippen LogP contribution in [0.1, 0.15) is 20.8 Å². The van der Waals surface area contributed by atoms with Crippen molar-refractivity contribution in [2.75, 3.05) is 18.5 Å². The second-order valence-electron chi connectivity index (χ2n) is 4.14. The molecule has 1 N–H and O–H groups in total. The van der Waals surface area contributed by atoms with Crippen LogP contribution in [0.25, 0.3) is 0 Å². The van der Waals surface area contributed by atoms with Crippen molar-refractivity contribution in [1.29, 1.82) is 0 Å². The fourth-order valence-corrected chi connectivity index (χ4v) is 1.65. The van der Waals surface area contributed by atoms with E-state index in [9.17, 15) is 4.39 Å². The molecular weight excluding hydrogens is 287 g/mol. The third-order valence-corrected chi connectivity index (χ3v) is 2.87. The lowest BCUT2D eigenvalue weighted by molar-refractivity contribution is 0.126. The molecule has 0 aromatic carbocycles. The van der Waals surface area contributed by atoms with E-state index in [1.807, 2.05) is 6.92 Å². The molecule has 0 saturated heterocycles. The molecule has 0 bridgehead atoms. The molecule has 1 atom stereocenters. The van der Waals surface area contributed by atoms with Crippen LogP contribution in [0.5, 0.6) is 0 Å². The predicted octanol–water partition coefficient (Wildman–Crippen LogP) is 3.46.